The Morgan fingerprint density at radius 3 is 2.59 bits per heavy atom. The third-order valence-electron chi connectivity index (χ3n) is 3.02. The first-order valence-electron chi connectivity index (χ1n) is 5.95. The van der Waals surface area contributed by atoms with E-state index >= 15 is 0 Å². The molecule has 0 amide bonds. The van der Waals surface area contributed by atoms with Gasteiger partial charge in [0.05, 0.1) is 17.8 Å². The van der Waals surface area contributed by atoms with E-state index in [1.807, 2.05) is 6.07 Å². The van der Waals surface area contributed by atoms with Crippen LogP contribution in [0, 0.1) is 24.1 Å². The van der Waals surface area contributed by atoms with E-state index in [2.05, 4.69) is 5.10 Å². The first-order valence-corrected chi connectivity index (χ1v) is 7.84. The highest BCUT2D eigenvalue weighted by Gasteiger charge is 2.19. The molecule has 0 radical (unpaired) electrons. The van der Waals surface area contributed by atoms with Crippen LogP contribution in [0.3, 0.4) is 0 Å². The molecule has 7 nitrogen and oxygen atoms in total. The van der Waals surface area contributed by atoms with Crippen LogP contribution in [0.25, 0.3) is 5.69 Å². The van der Waals surface area contributed by atoms with E-state index in [4.69, 9.17) is 11.0 Å². The van der Waals surface area contributed by atoms with Crippen molar-refractivity contribution < 1.29 is 12.8 Å². The Morgan fingerprint density at radius 1 is 1.41 bits per heavy atom. The number of nitrogen functional groups attached to an aromatic ring is 1. The van der Waals surface area contributed by atoms with Gasteiger partial charge in [-0.15, -0.1) is 0 Å². The Balaban J connectivity index is 2.77. The highest BCUT2D eigenvalue weighted by atomic mass is 32.2. The lowest BCUT2D eigenvalue weighted by Gasteiger charge is -2.10. The van der Waals surface area contributed by atoms with Crippen LogP contribution in [0.15, 0.2) is 28.0 Å². The highest BCUT2D eigenvalue weighted by Crippen LogP contribution is 2.19. The second-order valence-electron chi connectivity index (χ2n) is 4.64. The van der Waals surface area contributed by atoms with Crippen LogP contribution in [0.2, 0.25) is 0 Å². The van der Waals surface area contributed by atoms with Crippen molar-refractivity contribution in [2.45, 2.75) is 11.8 Å². The molecule has 0 bridgehead atoms. The van der Waals surface area contributed by atoms with E-state index in [1.54, 1.807) is 6.92 Å². The van der Waals surface area contributed by atoms with Crippen LogP contribution in [0.1, 0.15) is 11.1 Å². The summed E-state index contributed by atoms with van der Waals surface area (Å²) in [6, 6.07) is 4.06. The summed E-state index contributed by atoms with van der Waals surface area (Å²) >= 11 is 0. The zero-order chi connectivity index (χ0) is 16.7. The number of nitrogens with two attached hydrogens (primary N) is 1. The van der Waals surface area contributed by atoms with Gasteiger partial charge in [0.15, 0.2) is 9.84 Å². The van der Waals surface area contributed by atoms with Crippen LogP contribution in [-0.4, -0.2) is 24.5 Å². The van der Waals surface area contributed by atoms with Crippen molar-refractivity contribution >= 4 is 15.5 Å². The molecule has 0 spiro atoms. The first kappa shape index (κ1) is 15.7. The van der Waals surface area contributed by atoms with Gasteiger partial charge in [0.2, 0.25) is 0 Å². The molecule has 114 valence electrons. The van der Waals surface area contributed by atoms with Crippen molar-refractivity contribution in [2.75, 3.05) is 12.0 Å². The fraction of sp³-hybridized carbons (Fsp3) is 0.154. The van der Waals surface area contributed by atoms with Crippen LogP contribution in [-0.2, 0) is 9.84 Å². The molecule has 22 heavy (non-hydrogen) atoms. The van der Waals surface area contributed by atoms with Gasteiger partial charge in [-0.25, -0.2) is 12.8 Å². The van der Waals surface area contributed by atoms with Crippen molar-refractivity contribution in [2.24, 2.45) is 0 Å². The predicted octanol–water partition coefficient (Wildman–Crippen LogP) is 0.537. The van der Waals surface area contributed by atoms with E-state index in [0.29, 0.717) is 10.2 Å². The Morgan fingerprint density at radius 2 is 2.05 bits per heavy atom. The minimum Gasteiger partial charge on any atom is -0.393 e. The average Bonchev–Trinajstić information content (AvgIpc) is 2.42. The molecule has 2 aromatic rings. The van der Waals surface area contributed by atoms with Gasteiger partial charge >= 0.3 is 0 Å². The van der Waals surface area contributed by atoms with Crippen LogP contribution < -0.4 is 11.3 Å². The van der Waals surface area contributed by atoms with Crippen molar-refractivity contribution in [1.29, 1.82) is 5.26 Å². The molecule has 0 atom stereocenters. The average molecular weight is 322 g/mol. The van der Waals surface area contributed by atoms with Gasteiger partial charge < -0.3 is 5.73 Å². The fourth-order valence-corrected chi connectivity index (χ4v) is 2.59. The van der Waals surface area contributed by atoms with Gasteiger partial charge in [-0.2, -0.15) is 15.0 Å². The molecule has 2 N–H and O–H groups in total. The van der Waals surface area contributed by atoms with Crippen LogP contribution in [0.5, 0.6) is 0 Å². The maximum absolute atomic E-state index is 14.0. The summed E-state index contributed by atoms with van der Waals surface area (Å²) in [6.45, 7) is 1.57. The smallest absolute Gasteiger partial charge is 0.296 e. The van der Waals surface area contributed by atoms with Crippen molar-refractivity contribution in [3.05, 3.63) is 45.6 Å². The molecule has 9 heteroatoms. The molecule has 0 unspecified atom stereocenters. The fourth-order valence-electron chi connectivity index (χ4n) is 1.87. The van der Waals surface area contributed by atoms with E-state index in [1.165, 1.54) is 6.07 Å². The van der Waals surface area contributed by atoms with Crippen molar-refractivity contribution in [3.63, 3.8) is 0 Å². The van der Waals surface area contributed by atoms with Crippen LogP contribution in [0.4, 0.5) is 10.1 Å². The number of hydrogen-bond donors (Lipinski definition) is 1. The number of anilines is 1. The zero-order valence-corrected chi connectivity index (χ0v) is 12.5. The molecule has 0 aliphatic carbocycles. The van der Waals surface area contributed by atoms with Crippen LogP contribution >= 0.6 is 0 Å². The number of nitriles is 1. The summed E-state index contributed by atoms with van der Waals surface area (Å²) in [6.07, 6.45) is 1.77. The van der Waals surface area contributed by atoms with Crippen molar-refractivity contribution in [1.82, 2.24) is 9.78 Å². The topological polar surface area (TPSA) is 119 Å². The maximum Gasteiger partial charge on any atom is 0.296 e. The van der Waals surface area contributed by atoms with Gasteiger partial charge in [-0.05, 0) is 24.6 Å². The number of hydrogen-bond acceptors (Lipinski definition) is 6. The molecule has 1 aromatic heterocycles. The number of nitrogens with zero attached hydrogens (tertiary/aromatic N) is 3. The number of halogens is 1. The Hall–Kier alpha value is -2.73. The van der Waals surface area contributed by atoms with Gasteiger partial charge in [0.1, 0.15) is 22.1 Å². The van der Waals surface area contributed by atoms with Gasteiger partial charge in [-0.1, -0.05) is 0 Å². The normalized spacial score (nSPS) is 11.2. The molecule has 1 heterocycles. The molecule has 1 aromatic carbocycles. The number of aromatic nitrogens is 2. The van der Waals surface area contributed by atoms with Gasteiger partial charge in [-0.3, -0.25) is 4.79 Å². The maximum atomic E-state index is 14.0. The third kappa shape index (κ3) is 2.56. The molecular formula is C13H11FN4O3S. The first-order chi connectivity index (χ1) is 10.2. The number of rotatable bonds is 2. The molecule has 0 saturated carbocycles. The van der Waals surface area contributed by atoms with Gasteiger partial charge in [0, 0.05) is 6.26 Å². The Labute approximate surface area is 125 Å². The number of aryl methyl sites for hydroxylation is 1. The zero-order valence-electron chi connectivity index (χ0n) is 11.7. The number of benzene rings is 1. The second-order valence-corrected chi connectivity index (χ2v) is 6.63. The summed E-state index contributed by atoms with van der Waals surface area (Å²) < 4.78 is 37.7. The SMILES string of the molecule is Cc1cc(-n2ncc(S(C)(=O)=O)c(N)c2=O)c(F)cc1C#N. The Bertz CT molecular complexity index is 974. The van der Waals surface area contributed by atoms with E-state index in [0.717, 1.165) is 18.5 Å². The van der Waals surface area contributed by atoms with E-state index < -0.39 is 31.8 Å². The summed E-state index contributed by atoms with van der Waals surface area (Å²) in [7, 11) is -3.72. The lowest BCUT2D eigenvalue weighted by molar-refractivity contribution is 0.596. The van der Waals surface area contributed by atoms with E-state index in [-0.39, 0.29) is 11.3 Å². The Kier molecular flexibility index (Phi) is 3.72. The standard InChI is InChI=1S/C13H11FN4O3S/c1-7-3-10(9(14)4-8(7)5-15)18-13(19)12(16)11(6-17-18)22(2,20)21/h3-4,6H,16H2,1-2H3. The predicted molar refractivity (Wildman–Crippen MR) is 76.8 cm³/mol. The summed E-state index contributed by atoms with van der Waals surface area (Å²) in [5.74, 6) is -0.844. The minimum absolute atomic E-state index is 0.120. The second kappa shape index (κ2) is 5.23. The largest absolute Gasteiger partial charge is 0.393 e. The molecule has 0 aliphatic heterocycles. The molecule has 0 fully saturated rings. The third-order valence-corrected chi connectivity index (χ3v) is 4.14. The monoisotopic (exact) mass is 322 g/mol. The lowest BCUT2D eigenvalue weighted by Crippen LogP contribution is -2.27. The highest BCUT2D eigenvalue weighted by molar-refractivity contribution is 7.90. The summed E-state index contributed by atoms with van der Waals surface area (Å²) in [5, 5.41) is 12.5. The molecule has 2 rings (SSSR count). The summed E-state index contributed by atoms with van der Waals surface area (Å²) in [4.78, 5) is 11.7. The minimum atomic E-state index is -3.72. The lowest BCUT2D eigenvalue weighted by atomic mass is 10.1. The molecule has 0 saturated heterocycles. The van der Waals surface area contributed by atoms with E-state index in [9.17, 15) is 17.6 Å². The molecular weight excluding hydrogens is 311 g/mol. The summed E-state index contributed by atoms with van der Waals surface area (Å²) in [5.41, 5.74) is 4.38. The quantitative estimate of drug-likeness (QED) is 0.861. The van der Waals surface area contributed by atoms with Gasteiger partial charge in [0.25, 0.3) is 5.56 Å². The number of sulfone groups is 1. The molecule has 0 aliphatic rings. The van der Waals surface area contributed by atoms with Crippen molar-refractivity contribution in [3.8, 4) is 11.8 Å².